The van der Waals surface area contributed by atoms with Gasteiger partial charge in [-0.2, -0.15) is 5.10 Å². The first-order valence-corrected chi connectivity index (χ1v) is 8.65. The topological polar surface area (TPSA) is 100 Å². The molecule has 0 fully saturated rings. The second-order valence-electron chi connectivity index (χ2n) is 6.42. The Hall–Kier alpha value is -3.88. The second kappa shape index (κ2) is 6.08. The van der Waals surface area contributed by atoms with Crippen LogP contribution in [0, 0.1) is 5.82 Å². The van der Waals surface area contributed by atoms with Crippen molar-refractivity contribution >= 4 is 16.7 Å². The fourth-order valence-electron chi connectivity index (χ4n) is 3.38. The van der Waals surface area contributed by atoms with E-state index in [0.717, 1.165) is 16.8 Å². The summed E-state index contributed by atoms with van der Waals surface area (Å²) in [6.07, 6.45) is 6.39. The van der Waals surface area contributed by atoms with Gasteiger partial charge in [0.15, 0.2) is 5.82 Å². The molecule has 1 atom stereocenters. The van der Waals surface area contributed by atoms with Crippen molar-refractivity contribution in [2.45, 2.75) is 13.0 Å². The fourth-order valence-corrected chi connectivity index (χ4v) is 3.38. The zero-order chi connectivity index (χ0) is 19.3. The maximum absolute atomic E-state index is 14.0. The van der Waals surface area contributed by atoms with Crippen LogP contribution in [0.25, 0.3) is 28.1 Å². The number of fused-ring (bicyclic) bond motifs is 2. The Kier molecular flexibility index (Phi) is 3.54. The normalized spacial score (nSPS) is 12.6. The number of rotatable bonds is 3. The fraction of sp³-hybridized carbons (Fsp3) is 0.105. The number of hydrogen-bond acceptors (Lipinski definition) is 6. The SMILES string of the molecule is CC(c1nn(-c2ccncc2)c2cc(F)ccc12)n1cnc2ncnc-2c1N. The average molecular weight is 374 g/mol. The molecule has 28 heavy (non-hydrogen) atoms. The van der Waals surface area contributed by atoms with Crippen molar-refractivity contribution in [2.24, 2.45) is 0 Å². The first-order valence-electron chi connectivity index (χ1n) is 8.65. The predicted molar refractivity (Wildman–Crippen MR) is 101 cm³/mol. The minimum Gasteiger partial charge on any atom is -0.383 e. The summed E-state index contributed by atoms with van der Waals surface area (Å²) in [7, 11) is 0. The zero-order valence-electron chi connectivity index (χ0n) is 14.9. The van der Waals surface area contributed by atoms with E-state index >= 15 is 0 Å². The third-order valence-electron chi connectivity index (χ3n) is 4.80. The molecule has 8 nitrogen and oxygen atoms in total. The lowest BCUT2D eigenvalue weighted by molar-refractivity contribution is 0.609. The smallest absolute Gasteiger partial charge is 0.184 e. The number of benzene rings is 1. The molecule has 2 aromatic heterocycles. The maximum atomic E-state index is 14.0. The Bertz CT molecular complexity index is 1260. The number of pyridine rings is 1. The molecule has 0 saturated carbocycles. The number of imidazole rings is 1. The number of anilines is 1. The van der Waals surface area contributed by atoms with Crippen molar-refractivity contribution in [3.05, 3.63) is 66.9 Å². The Morgan fingerprint density at radius 3 is 2.71 bits per heavy atom. The number of aromatic nitrogens is 7. The van der Waals surface area contributed by atoms with Crippen molar-refractivity contribution in [3.8, 4) is 17.2 Å². The molecule has 0 saturated heterocycles. The lowest BCUT2D eigenvalue weighted by Crippen LogP contribution is -2.15. The monoisotopic (exact) mass is 374 g/mol. The van der Waals surface area contributed by atoms with E-state index in [1.165, 1.54) is 18.5 Å². The number of nitrogen functional groups attached to an aromatic ring is 1. The van der Waals surface area contributed by atoms with E-state index in [9.17, 15) is 4.39 Å². The van der Waals surface area contributed by atoms with Crippen LogP contribution in [0.4, 0.5) is 10.2 Å². The minimum absolute atomic E-state index is 0.260. The number of nitrogens with two attached hydrogens (primary N) is 1. The second-order valence-corrected chi connectivity index (χ2v) is 6.42. The zero-order valence-corrected chi connectivity index (χ0v) is 14.9. The van der Waals surface area contributed by atoms with Crippen molar-refractivity contribution in [3.63, 3.8) is 0 Å². The van der Waals surface area contributed by atoms with Gasteiger partial charge in [-0.15, -0.1) is 0 Å². The molecule has 0 aliphatic carbocycles. The van der Waals surface area contributed by atoms with Gasteiger partial charge in [-0.3, -0.25) is 4.98 Å². The molecule has 1 unspecified atom stereocenters. The van der Waals surface area contributed by atoms with Crippen LogP contribution < -0.4 is 5.73 Å². The van der Waals surface area contributed by atoms with Crippen LogP contribution in [0.1, 0.15) is 18.7 Å². The number of nitrogens with zero attached hydrogens (tertiary/aromatic N) is 7. The summed E-state index contributed by atoms with van der Waals surface area (Å²) < 4.78 is 17.5. The van der Waals surface area contributed by atoms with Gasteiger partial charge >= 0.3 is 0 Å². The van der Waals surface area contributed by atoms with Gasteiger partial charge in [-0.1, -0.05) is 0 Å². The third kappa shape index (κ3) is 2.40. The standard InChI is InChI=1S/C19H15FN8/c1-11(27-10-25-19-17(18(27)21)23-9-24-19)16-14-3-2-12(20)8-15(14)28(26-16)13-4-6-22-7-5-13/h2-11H,21H2,1H3. The van der Waals surface area contributed by atoms with Gasteiger partial charge < -0.3 is 10.3 Å². The Labute approximate surface area is 158 Å². The summed E-state index contributed by atoms with van der Waals surface area (Å²) >= 11 is 0. The van der Waals surface area contributed by atoms with E-state index < -0.39 is 0 Å². The van der Waals surface area contributed by atoms with Crippen molar-refractivity contribution in [2.75, 3.05) is 5.73 Å². The van der Waals surface area contributed by atoms with Gasteiger partial charge in [-0.25, -0.2) is 24.0 Å². The predicted octanol–water partition coefficient (Wildman–Crippen LogP) is 2.84. The molecule has 1 aromatic carbocycles. The highest BCUT2D eigenvalue weighted by Gasteiger charge is 2.22. The minimum atomic E-state index is -0.329. The van der Waals surface area contributed by atoms with Crippen molar-refractivity contribution in [1.29, 1.82) is 0 Å². The van der Waals surface area contributed by atoms with Crippen LogP contribution in [-0.2, 0) is 0 Å². The Balaban J connectivity index is 1.73. The Morgan fingerprint density at radius 2 is 1.89 bits per heavy atom. The van der Waals surface area contributed by atoms with Crippen LogP contribution >= 0.6 is 0 Å². The average Bonchev–Trinajstić information content (AvgIpc) is 3.33. The summed E-state index contributed by atoms with van der Waals surface area (Å²) in [5.41, 5.74) is 9.04. The molecule has 0 amide bonds. The van der Waals surface area contributed by atoms with Crippen molar-refractivity contribution < 1.29 is 4.39 Å². The van der Waals surface area contributed by atoms with Crippen LogP contribution in [-0.4, -0.2) is 34.3 Å². The first-order chi connectivity index (χ1) is 13.6. The molecular formula is C19H15FN8. The summed E-state index contributed by atoms with van der Waals surface area (Å²) in [6, 6.07) is 8.00. The van der Waals surface area contributed by atoms with Gasteiger partial charge in [0.2, 0.25) is 0 Å². The molecule has 0 radical (unpaired) electrons. The Morgan fingerprint density at radius 1 is 1.07 bits per heavy atom. The molecule has 138 valence electrons. The van der Waals surface area contributed by atoms with Crippen LogP contribution in [0.3, 0.4) is 0 Å². The third-order valence-corrected chi connectivity index (χ3v) is 4.80. The number of hydrogen-bond donors (Lipinski definition) is 1. The molecule has 9 heteroatoms. The van der Waals surface area contributed by atoms with E-state index in [2.05, 4.69) is 19.9 Å². The number of halogens is 1. The van der Waals surface area contributed by atoms with Crippen LogP contribution in [0.5, 0.6) is 0 Å². The van der Waals surface area contributed by atoms with Gasteiger partial charge in [0.25, 0.3) is 0 Å². The molecule has 0 spiro atoms. The molecule has 2 aliphatic heterocycles. The summed E-state index contributed by atoms with van der Waals surface area (Å²) in [4.78, 5) is 16.6. The lowest BCUT2D eigenvalue weighted by atomic mass is 10.1. The van der Waals surface area contributed by atoms with Gasteiger partial charge in [0, 0.05) is 23.8 Å². The first kappa shape index (κ1) is 16.3. The van der Waals surface area contributed by atoms with E-state index in [1.54, 1.807) is 34.0 Å². The van der Waals surface area contributed by atoms with Gasteiger partial charge in [0.1, 0.15) is 23.7 Å². The van der Waals surface area contributed by atoms with Gasteiger partial charge in [-0.05, 0) is 31.2 Å². The van der Waals surface area contributed by atoms with Crippen molar-refractivity contribution in [1.82, 2.24) is 34.3 Å². The molecule has 4 heterocycles. The quantitative estimate of drug-likeness (QED) is 0.521. The molecular weight excluding hydrogens is 359 g/mol. The highest BCUT2D eigenvalue weighted by Crippen LogP contribution is 2.32. The molecule has 5 rings (SSSR count). The lowest BCUT2D eigenvalue weighted by Gasteiger charge is -2.18. The largest absolute Gasteiger partial charge is 0.383 e. The van der Waals surface area contributed by atoms with E-state index in [-0.39, 0.29) is 11.9 Å². The van der Waals surface area contributed by atoms with Crippen LogP contribution in [0.2, 0.25) is 0 Å². The molecule has 3 aromatic rings. The highest BCUT2D eigenvalue weighted by atomic mass is 19.1. The molecule has 0 bridgehead atoms. The maximum Gasteiger partial charge on any atom is 0.184 e. The van der Waals surface area contributed by atoms with Gasteiger partial charge in [0.05, 0.1) is 29.3 Å². The summed E-state index contributed by atoms with van der Waals surface area (Å²) in [5.74, 6) is 0.614. The molecule has 2 aliphatic rings. The highest BCUT2D eigenvalue weighted by molar-refractivity contribution is 5.84. The molecule has 2 N–H and O–H groups in total. The summed E-state index contributed by atoms with van der Waals surface area (Å²) in [5, 5.41) is 5.59. The van der Waals surface area contributed by atoms with E-state index in [1.807, 2.05) is 19.1 Å². The van der Waals surface area contributed by atoms with E-state index in [4.69, 9.17) is 10.8 Å². The van der Waals surface area contributed by atoms with E-state index in [0.29, 0.717) is 22.9 Å². The summed E-state index contributed by atoms with van der Waals surface area (Å²) in [6.45, 7) is 1.96. The van der Waals surface area contributed by atoms with Crippen LogP contribution in [0.15, 0.2) is 55.4 Å².